The van der Waals surface area contributed by atoms with E-state index in [0.717, 1.165) is 15.8 Å². The van der Waals surface area contributed by atoms with Gasteiger partial charge in [-0.2, -0.15) is 4.98 Å². The number of nitrogens with zero attached hydrogens (tertiary/aromatic N) is 3. The summed E-state index contributed by atoms with van der Waals surface area (Å²) in [6.07, 6.45) is 0. The molecule has 0 saturated heterocycles. The fourth-order valence-corrected chi connectivity index (χ4v) is 4.14. The molecule has 0 saturated carbocycles. The van der Waals surface area contributed by atoms with E-state index in [4.69, 9.17) is 4.52 Å². The predicted molar refractivity (Wildman–Crippen MR) is 95.8 cm³/mol. The highest BCUT2D eigenvalue weighted by molar-refractivity contribution is 8.38. The van der Waals surface area contributed by atoms with Crippen LogP contribution in [0.15, 0.2) is 58.0 Å². The summed E-state index contributed by atoms with van der Waals surface area (Å²) >= 11 is 3.31. The lowest BCUT2D eigenvalue weighted by molar-refractivity contribution is 0.425. The summed E-state index contributed by atoms with van der Waals surface area (Å²) in [5.74, 6) is 2.21. The Kier molecular flexibility index (Phi) is 4.36. The van der Waals surface area contributed by atoms with Crippen LogP contribution < -0.4 is 0 Å². The van der Waals surface area contributed by atoms with E-state index < -0.39 is 0 Å². The van der Waals surface area contributed by atoms with Crippen molar-refractivity contribution < 1.29 is 8.91 Å². The van der Waals surface area contributed by atoms with Crippen LogP contribution in [0.2, 0.25) is 0 Å². The molecule has 24 heavy (non-hydrogen) atoms. The molecule has 0 N–H and O–H groups in total. The zero-order valence-electron chi connectivity index (χ0n) is 12.5. The van der Waals surface area contributed by atoms with Gasteiger partial charge in [0.25, 0.3) is 5.89 Å². The molecule has 7 heteroatoms. The van der Waals surface area contributed by atoms with Gasteiger partial charge in [0.1, 0.15) is 10.2 Å². The summed E-state index contributed by atoms with van der Waals surface area (Å²) in [5.41, 5.74) is 2.99. The molecule has 2 heterocycles. The van der Waals surface area contributed by atoms with Crippen LogP contribution >= 0.6 is 23.5 Å². The molecule has 4 nitrogen and oxygen atoms in total. The summed E-state index contributed by atoms with van der Waals surface area (Å²) < 4.78 is 19.2. The molecule has 0 bridgehead atoms. The lowest BCUT2D eigenvalue weighted by atomic mass is 10.2. The molecule has 1 aliphatic heterocycles. The van der Waals surface area contributed by atoms with Gasteiger partial charge in [-0.1, -0.05) is 46.9 Å². The summed E-state index contributed by atoms with van der Waals surface area (Å²) in [4.78, 5) is 9.00. The highest BCUT2D eigenvalue weighted by Crippen LogP contribution is 2.35. The number of rotatable bonds is 3. The van der Waals surface area contributed by atoms with Gasteiger partial charge in [-0.25, -0.2) is 9.38 Å². The first-order valence-corrected chi connectivity index (χ1v) is 9.26. The van der Waals surface area contributed by atoms with E-state index >= 15 is 0 Å². The van der Waals surface area contributed by atoms with Crippen LogP contribution in [0.5, 0.6) is 0 Å². The van der Waals surface area contributed by atoms with Crippen LogP contribution in [0.4, 0.5) is 10.1 Å². The molecule has 0 aliphatic carbocycles. The van der Waals surface area contributed by atoms with E-state index in [2.05, 4.69) is 21.2 Å². The quantitative estimate of drug-likeness (QED) is 0.657. The first kappa shape index (κ1) is 15.4. The van der Waals surface area contributed by atoms with E-state index in [1.165, 1.54) is 17.7 Å². The number of para-hydroxylation sites is 1. The standard InChI is InChI=1S/C17H12FN3OS2/c18-13-7-5-11(6-8-13)16-20-15(21-22-16)10-24-17-19-14-4-2-1-3-12(14)9-23-17/h1-8H,9-10H2. The zero-order valence-corrected chi connectivity index (χ0v) is 14.1. The Bertz CT molecular complexity index is 893. The molecule has 4 rings (SSSR count). The van der Waals surface area contributed by atoms with Crippen molar-refractivity contribution in [2.24, 2.45) is 4.99 Å². The Morgan fingerprint density at radius 1 is 1.12 bits per heavy atom. The number of thioether (sulfide) groups is 2. The topological polar surface area (TPSA) is 51.3 Å². The van der Waals surface area contributed by atoms with Gasteiger partial charge >= 0.3 is 0 Å². The molecule has 0 unspecified atom stereocenters. The highest BCUT2D eigenvalue weighted by Gasteiger charge is 2.15. The maximum Gasteiger partial charge on any atom is 0.257 e. The van der Waals surface area contributed by atoms with Crippen LogP contribution in [0.1, 0.15) is 11.4 Å². The Hall–Kier alpha value is -2.12. The van der Waals surface area contributed by atoms with Crippen molar-refractivity contribution in [1.29, 1.82) is 0 Å². The van der Waals surface area contributed by atoms with E-state index in [0.29, 0.717) is 23.0 Å². The van der Waals surface area contributed by atoms with Gasteiger partial charge in [-0.3, -0.25) is 0 Å². The number of hydrogen-bond donors (Lipinski definition) is 0. The second-order valence-electron chi connectivity index (χ2n) is 5.11. The predicted octanol–water partition coefficient (Wildman–Crippen LogP) is 5.04. The van der Waals surface area contributed by atoms with Crippen molar-refractivity contribution in [2.75, 3.05) is 0 Å². The number of aromatic nitrogens is 2. The van der Waals surface area contributed by atoms with Gasteiger partial charge in [0.05, 0.1) is 11.4 Å². The monoisotopic (exact) mass is 357 g/mol. The van der Waals surface area contributed by atoms with Gasteiger partial charge in [-0.05, 0) is 35.9 Å². The van der Waals surface area contributed by atoms with Gasteiger partial charge in [0, 0.05) is 11.3 Å². The van der Waals surface area contributed by atoms with Gasteiger partial charge in [0.2, 0.25) is 0 Å². The fourth-order valence-electron chi connectivity index (χ4n) is 2.23. The first-order valence-electron chi connectivity index (χ1n) is 7.29. The maximum atomic E-state index is 13.0. The Balaban J connectivity index is 1.44. The van der Waals surface area contributed by atoms with E-state index in [-0.39, 0.29) is 5.82 Å². The summed E-state index contributed by atoms with van der Waals surface area (Å²) in [6.45, 7) is 0. The third-order valence-corrected chi connectivity index (χ3v) is 5.68. The summed E-state index contributed by atoms with van der Waals surface area (Å²) in [6, 6.07) is 14.1. The Morgan fingerprint density at radius 3 is 2.83 bits per heavy atom. The molecule has 0 fully saturated rings. The zero-order chi connectivity index (χ0) is 16.4. The van der Waals surface area contributed by atoms with E-state index in [9.17, 15) is 4.39 Å². The van der Waals surface area contributed by atoms with Crippen molar-refractivity contribution in [3.63, 3.8) is 0 Å². The van der Waals surface area contributed by atoms with Crippen molar-refractivity contribution in [3.05, 3.63) is 65.7 Å². The molecule has 0 atom stereocenters. The summed E-state index contributed by atoms with van der Waals surface area (Å²) in [7, 11) is 0. The number of halogens is 1. The number of hydrogen-bond acceptors (Lipinski definition) is 6. The molecule has 2 aromatic carbocycles. The Morgan fingerprint density at radius 2 is 1.96 bits per heavy atom. The van der Waals surface area contributed by atoms with E-state index in [1.807, 2.05) is 18.2 Å². The highest BCUT2D eigenvalue weighted by atomic mass is 32.2. The van der Waals surface area contributed by atoms with Gasteiger partial charge < -0.3 is 4.52 Å². The van der Waals surface area contributed by atoms with Crippen LogP contribution in [-0.4, -0.2) is 14.5 Å². The second kappa shape index (κ2) is 6.78. The van der Waals surface area contributed by atoms with Crippen molar-refractivity contribution in [2.45, 2.75) is 11.5 Å². The molecular weight excluding hydrogens is 345 g/mol. The van der Waals surface area contributed by atoms with Crippen LogP contribution in [0, 0.1) is 5.82 Å². The van der Waals surface area contributed by atoms with Crippen LogP contribution in [0.25, 0.3) is 11.5 Å². The Labute approximate surface area is 146 Å². The minimum atomic E-state index is -0.290. The van der Waals surface area contributed by atoms with Crippen molar-refractivity contribution in [1.82, 2.24) is 10.1 Å². The van der Waals surface area contributed by atoms with Crippen LogP contribution in [-0.2, 0) is 11.5 Å². The molecule has 0 amide bonds. The molecule has 0 spiro atoms. The van der Waals surface area contributed by atoms with Crippen LogP contribution in [0.3, 0.4) is 0 Å². The summed E-state index contributed by atoms with van der Waals surface area (Å²) in [5, 5.41) is 3.98. The molecular formula is C17H12FN3OS2. The number of aliphatic imine (C=N–C) groups is 1. The van der Waals surface area contributed by atoms with Gasteiger partial charge in [0.15, 0.2) is 5.82 Å². The smallest absolute Gasteiger partial charge is 0.257 e. The fraction of sp³-hybridized carbons (Fsp3) is 0.118. The van der Waals surface area contributed by atoms with Gasteiger partial charge in [-0.15, -0.1) is 0 Å². The molecule has 120 valence electrons. The molecule has 0 radical (unpaired) electrons. The molecule has 1 aliphatic rings. The lowest BCUT2D eigenvalue weighted by Gasteiger charge is -2.13. The average Bonchev–Trinajstić information content (AvgIpc) is 3.09. The number of fused-ring (bicyclic) bond motifs is 1. The SMILES string of the molecule is Fc1ccc(-c2nc(CSC3=Nc4ccccc4CS3)no2)cc1. The van der Waals surface area contributed by atoms with Crippen molar-refractivity contribution in [3.8, 4) is 11.5 Å². The minimum Gasteiger partial charge on any atom is -0.334 e. The number of benzene rings is 2. The third-order valence-electron chi connectivity index (χ3n) is 3.44. The molecule has 3 aromatic rings. The second-order valence-corrected chi connectivity index (χ2v) is 7.29. The first-order chi connectivity index (χ1) is 11.8. The minimum absolute atomic E-state index is 0.290. The lowest BCUT2D eigenvalue weighted by Crippen LogP contribution is -1.96. The largest absolute Gasteiger partial charge is 0.334 e. The third kappa shape index (κ3) is 3.37. The van der Waals surface area contributed by atoms with Crippen molar-refractivity contribution >= 4 is 33.6 Å². The van der Waals surface area contributed by atoms with E-state index in [1.54, 1.807) is 35.7 Å². The average molecular weight is 357 g/mol. The normalized spacial score (nSPS) is 13.5. The molecule has 1 aromatic heterocycles. The maximum absolute atomic E-state index is 13.0.